The fourth-order valence-electron chi connectivity index (χ4n) is 9.73. The summed E-state index contributed by atoms with van der Waals surface area (Å²) in [7, 11) is 0. The van der Waals surface area contributed by atoms with Gasteiger partial charge in [-0.3, -0.25) is 14.4 Å². The van der Waals surface area contributed by atoms with E-state index in [9.17, 15) is 14.4 Å². The van der Waals surface area contributed by atoms with Crippen molar-refractivity contribution in [1.29, 1.82) is 0 Å². The molecule has 0 radical (unpaired) electrons. The number of carbonyl (C=O) groups excluding carboxylic acids is 3. The topological polar surface area (TPSA) is 78.9 Å². The van der Waals surface area contributed by atoms with Crippen LogP contribution in [0.4, 0.5) is 0 Å². The number of rotatable bonds is 57. The van der Waals surface area contributed by atoms with Crippen molar-refractivity contribution in [3.63, 3.8) is 0 Å². The van der Waals surface area contributed by atoms with E-state index in [4.69, 9.17) is 14.2 Å². The lowest BCUT2D eigenvalue weighted by Gasteiger charge is -2.18. The van der Waals surface area contributed by atoms with Gasteiger partial charge in [-0.25, -0.2) is 0 Å². The summed E-state index contributed by atoms with van der Waals surface area (Å²) < 4.78 is 17.0. The first-order valence-electron chi connectivity index (χ1n) is 31.3. The largest absolute Gasteiger partial charge is 0.462 e. The Hall–Kier alpha value is -1.59. The molecule has 69 heavy (non-hydrogen) atoms. The Morgan fingerprint density at radius 2 is 0.551 bits per heavy atom. The van der Waals surface area contributed by atoms with Crippen LogP contribution in [0, 0.1) is 11.8 Å². The molecule has 0 aliphatic rings. The second-order valence-electron chi connectivity index (χ2n) is 22.4. The molecule has 0 aromatic heterocycles. The van der Waals surface area contributed by atoms with Crippen LogP contribution >= 0.6 is 0 Å². The van der Waals surface area contributed by atoms with E-state index in [1.54, 1.807) is 0 Å². The quantitative estimate of drug-likeness (QED) is 0.0343. The average molecular weight is 976 g/mol. The minimum atomic E-state index is -0.763. The molecule has 0 aliphatic carbocycles. The Balaban J connectivity index is 4.30. The Morgan fingerprint density at radius 3 is 0.826 bits per heavy atom. The standard InChI is InChI=1S/C63H122O6/c1-6-8-9-10-11-12-13-14-15-16-23-28-33-38-43-48-53-61(64)67-56-60(69-63(66)55-50-45-40-35-30-25-19-17-21-26-31-36-41-46-51-58(3)4)57-68-62(65)54-49-44-39-34-29-24-20-18-22-27-32-37-42-47-52-59(5)7-2/h58-60H,6-57H2,1-5H3/t59?,60-/m0/s1. The minimum absolute atomic E-state index is 0.0620. The second-order valence-corrected chi connectivity index (χ2v) is 22.4. The SMILES string of the molecule is CCCCCCCCCCCCCCCCCCC(=O)OC[C@@H](COC(=O)CCCCCCCCCCCCCCCCC(C)CC)OC(=O)CCCCCCCCCCCCCCCCC(C)C. The molecule has 0 saturated heterocycles. The van der Waals surface area contributed by atoms with Crippen molar-refractivity contribution in [1.82, 2.24) is 0 Å². The van der Waals surface area contributed by atoms with Crippen LogP contribution in [0.5, 0.6) is 0 Å². The molecule has 0 heterocycles. The Kier molecular flexibility index (Phi) is 54.4. The highest BCUT2D eigenvalue weighted by atomic mass is 16.6. The van der Waals surface area contributed by atoms with Gasteiger partial charge in [0.2, 0.25) is 0 Å². The molecule has 0 aromatic rings. The number of carbonyl (C=O) groups is 3. The summed E-state index contributed by atoms with van der Waals surface area (Å²) >= 11 is 0. The Morgan fingerprint density at radius 1 is 0.304 bits per heavy atom. The molecule has 0 N–H and O–H groups in total. The first kappa shape index (κ1) is 67.4. The van der Waals surface area contributed by atoms with Gasteiger partial charge in [0.25, 0.3) is 0 Å². The summed E-state index contributed by atoms with van der Waals surface area (Å²) in [6, 6.07) is 0. The summed E-state index contributed by atoms with van der Waals surface area (Å²) in [6.45, 7) is 11.5. The molecule has 6 nitrogen and oxygen atoms in total. The van der Waals surface area contributed by atoms with Crippen molar-refractivity contribution in [2.45, 2.75) is 362 Å². The lowest BCUT2D eigenvalue weighted by molar-refractivity contribution is -0.167. The van der Waals surface area contributed by atoms with Crippen molar-refractivity contribution in [3.05, 3.63) is 0 Å². The van der Waals surface area contributed by atoms with E-state index >= 15 is 0 Å². The average Bonchev–Trinajstić information content (AvgIpc) is 3.34. The summed E-state index contributed by atoms with van der Waals surface area (Å²) in [4.78, 5) is 38.3. The summed E-state index contributed by atoms with van der Waals surface area (Å²) in [5, 5.41) is 0. The first-order chi connectivity index (χ1) is 33.8. The molecule has 2 atom stereocenters. The van der Waals surface area contributed by atoms with Gasteiger partial charge in [-0.05, 0) is 31.1 Å². The lowest BCUT2D eigenvalue weighted by atomic mass is 9.99. The summed E-state index contributed by atoms with van der Waals surface area (Å²) in [5.74, 6) is 0.907. The lowest BCUT2D eigenvalue weighted by Crippen LogP contribution is -2.30. The Labute approximate surface area is 431 Å². The molecule has 0 spiro atoms. The van der Waals surface area contributed by atoms with Crippen LogP contribution in [0.15, 0.2) is 0 Å². The van der Waals surface area contributed by atoms with Gasteiger partial charge in [-0.2, -0.15) is 0 Å². The highest BCUT2D eigenvalue weighted by Gasteiger charge is 2.19. The predicted molar refractivity (Wildman–Crippen MR) is 298 cm³/mol. The fourth-order valence-corrected chi connectivity index (χ4v) is 9.73. The number of hydrogen-bond acceptors (Lipinski definition) is 6. The smallest absolute Gasteiger partial charge is 0.306 e. The van der Waals surface area contributed by atoms with Gasteiger partial charge in [0.15, 0.2) is 6.10 Å². The van der Waals surface area contributed by atoms with Gasteiger partial charge in [-0.15, -0.1) is 0 Å². The third kappa shape index (κ3) is 55.6. The molecule has 410 valence electrons. The number of unbranched alkanes of at least 4 members (excludes halogenated alkanes) is 41. The van der Waals surface area contributed by atoms with Crippen LogP contribution in [-0.2, 0) is 28.6 Å². The van der Waals surface area contributed by atoms with Crippen molar-refractivity contribution in [2.24, 2.45) is 11.8 Å². The molecule has 6 heteroatoms. The molecule has 0 aromatic carbocycles. The third-order valence-corrected chi connectivity index (χ3v) is 14.8. The maximum absolute atomic E-state index is 12.9. The van der Waals surface area contributed by atoms with Crippen LogP contribution < -0.4 is 0 Å². The van der Waals surface area contributed by atoms with Crippen LogP contribution in [-0.4, -0.2) is 37.2 Å². The highest BCUT2D eigenvalue weighted by Crippen LogP contribution is 2.19. The molecule has 0 rings (SSSR count). The van der Waals surface area contributed by atoms with Gasteiger partial charge < -0.3 is 14.2 Å². The minimum Gasteiger partial charge on any atom is -0.462 e. The van der Waals surface area contributed by atoms with E-state index in [0.29, 0.717) is 19.3 Å². The van der Waals surface area contributed by atoms with Gasteiger partial charge in [0, 0.05) is 19.3 Å². The van der Waals surface area contributed by atoms with E-state index in [1.807, 2.05) is 0 Å². The molecule has 0 saturated carbocycles. The maximum atomic E-state index is 12.9. The van der Waals surface area contributed by atoms with Gasteiger partial charge in [-0.1, -0.05) is 317 Å². The fraction of sp³-hybridized carbons (Fsp3) is 0.952. The molecule has 1 unspecified atom stereocenters. The van der Waals surface area contributed by atoms with Crippen LogP contribution in [0.2, 0.25) is 0 Å². The molecule has 0 aliphatic heterocycles. The monoisotopic (exact) mass is 975 g/mol. The predicted octanol–water partition coefficient (Wildman–Crippen LogP) is 20.8. The van der Waals surface area contributed by atoms with Crippen molar-refractivity contribution in [2.75, 3.05) is 13.2 Å². The van der Waals surface area contributed by atoms with Crippen LogP contribution in [0.1, 0.15) is 356 Å². The van der Waals surface area contributed by atoms with E-state index in [0.717, 1.165) is 69.6 Å². The molecular weight excluding hydrogens is 853 g/mol. The van der Waals surface area contributed by atoms with E-state index in [2.05, 4.69) is 34.6 Å². The van der Waals surface area contributed by atoms with Crippen LogP contribution in [0.25, 0.3) is 0 Å². The molecular formula is C63H122O6. The van der Waals surface area contributed by atoms with E-state index in [-0.39, 0.29) is 31.1 Å². The zero-order valence-electron chi connectivity index (χ0n) is 47.5. The third-order valence-electron chi connectivity index (χ3n) is 14.8. The first-order valence-corrected chi connectivity index (χ1v) is 31.3. The summed E-state index contributed by atoms with van der Waals surface area (Å²) in [6.07, 6.45) is 60.9. The molecule has 0 fully saturated rings. The van der Waals surface area contributed by atoms with Crippen molar-refractivity contribution < 1.29 is 28.6 Å². The molecule has 0 bridgehead atoms. The maximum Gasteiger partial charge on any atom is 0.306 e. The second kappa shape index (κ2) is 55.7. The Bertz CT molecular complexity index is 1060. The van der Waals surface area contributed by atoms with Gasteiger partial charge in [0.1, 0.15) is 13.2 Å². The zero-order valence-corrected chi connectivity index (χ0v) is 47.5. The van der Waals surface area contributed by atoms with Crippen LogP contribution in [0.3, 0.4) is 0 Å². The summed E-state index contributed by atoms with van der Waals surface area (Å²) in [5.41, 5.74) is 0. The van der Waals surface area contributed by atoms with Crippen molar-refractivity contribution >= 4 is 17.9 Å². The highest BCUT2D eigenvalue weighted by molar-refractivity contribution is 5.71. The molecule has 0 amide bonds. The van der Waals surface area contributed by atoms with E-state index in [1.165, 1.54) is 244 Å². The number of ether oxygens (including phenoxy) is 3. The normalized spacial score (nSPS) is 12.4. The number of hydrogen-bond donors (Lipinski definition) is 0. The van der Waals surface area contributed by atoms with Gasteiger partial charge >= 0.3 is 17.9 Å². The number of esters is 3. The van der Waals surface area contributed by atoms with E-state index < -0.39 is 6.10 Å². The van der Waals surface area contributed by atoms with Crippen molar-refractivity contribution in [3.8, 4) is 0 Å². The van der Waals surface area contributed by atoms with Gasteiger partial charge in [0.05, 0.1) is 0 Å². The zero-order chi connectivity index (χ0) is 50.4.